The van der Waals surface area contributed by atoms with Crippen molar-refractivity contribution in [2.75, 3.05) is 13.7 Å². The van der Waals surface area contributed by atoms with E-state index in [0.29, 0.717) is 11.9 Å². The molecule has 6 heteroatoms. The van der Waals surface area contributed by atoms with Gasteiger partial charge in [0.15, 0.2) is 0 Å². The van der Waals surface area contributed by atoms with Crippen molar-refractivity contribution in [3.63, 3.8) is 0 Å². The molecule has 1 aromatic heterocycles. The molecule has 1 aliphatic rings. The molecular weight excluding hydrogens is 336 g/mol. The van der Waals surface area contributed by atoms with Gasteiger partial charge in [0, 0.05) is 30.1 Å². The van der Waals surface area contributed by atoms with Crippen LogP contribution in [0.2, 0.25) is 0 Å². The molecule has 130 valence electrons. The molecule has 0 saturated carbocycles. The minimum Gasteiger partial charge on any atom is -0.396 e. The highest BCUT2D eigenvalue weighted by molar-refractivity contribution is 7.90. The van der Waals surface area contributed by atoms with Crippen LogP contribution in [0.1, 0.15) is 29.5 Å². The maximum atomic E-state index is 13.0. The van der Waals surface area contributed by atoms with Gasteiger partial charge in [0.2, 0.25) is 0 Å². The molecule has 3 aromatic rings. The molecule has 0 spiro atoms. The first-order valence-electron chi connectivity index (χ1n) is 8.31. The van der Waals surface area contributed by atoms with Crippen LogP contribution in [0.15, 0.2) is 59.6 Å². The predicted molar refractivity (Wildman–Crippen MR) is 97.2 cm³/mol. The Morgan fingerprint density at radius 1 is 1.12 bits per heavy atom. The fraction of sp³-hybridized carbons (Fsp3) is 0.263. The fourth-order valence-electron chi connectivity index (χ4n) is 3.82. The lowest BCUT2D eigenvalue weighted by Crippen LogP contribution is -2.34. The monoisotopic (exact) mass is 356 g/mol. The van der Waals surface area contributed by atoms with Gasteiger partial charge in [-0.1, -0.05) is 18.2 Å². The van der Waals surface area contributed by atoms with Gasteiger partial charge >= 0.3 is 0 Å². The zero-order chi connectivity index (χ0) is 17.6. The van der Waals surface area contributed by atoms with E-state index in [2.05, 4.69) is 11.4 Å². The number of aromatic nitrogens is 1. The van der Waals surface area contributed by atoms with E-state index in [1.807, 2.05) is 19.2 Å². The highest BCUT2D eigenvalue weighted by Gasteiger charge is 2.37. The van der Waals surface area contributed by atoms with Gasteiger partial charge in [0.05, 0.1) is 10.4 Å². The van der Waals surface area contributed by atoms with Crippen molar-refractivity contribution in [1.82, 2.24) is 9.29 Å². The number of nitrogens with zero attached hydrogens (tertiary/aromatic N) is 1. The van der Waals surface area contributed by atoms with Crippen molar-refractivity contribution < 1.29 is 13.5 Å². The summed E-state index contributed by atoms with van der Waals surface area (Å²) in [5.41, 5.74) is 2.98. The number of hydrogen-bond donors (Lipinski definition) is 2. The third-order valence-corrected chi connectivity index (χ3v) is 6.75. The van der Waals surface area contributed by atoms with E-state index in [1.54, 1.807) is 36.5 Å². The quantitative estimate of drug-likeness (QED) is 0.737. The van der Waals surface area contributed by atoms with Crippen LogP contribution >= 0.6 is 0 Å². The molecule has 0 fully saturated rings. The molecule has 0 radical (unpaired) electrons. The van der Waals surface area contributed by atoms with Crippen LogP contribution in [0.25, 0.3) is 10.9 Å². The van der Waals surface area contributed by atoms with Crippen LogP contribution in [0, 0.1) is 0 Å². The number of likely N-dealkylation sites (N-methyl/N-ethyl adjacent to an activating group) is 1. The summed E-state index contributed by atoms with van der Waals surface area (Å²) in [5.74, 6) is 0.267. The maximum absolute atomic E-state index is 13.0. The summed E-state index contributed by atoms with van der Waals surface area (Å²) >= 11 is 0. The second kappa shape index (κ2) is 5.98. The Bertz CT molecular complexity index is 1030. The van der Waals surface area contributed by atoms with Gasteiger partial charge in [-0.25, -0.2) is 12.4 Å². The average molecular weight is 356 g/mol. The van der Waals surface area contributed by atoms with Crippen LogP contribution in [-0.2, 0) is 10.0 Å². The second-order valence-corrected chi connectivity index (χ2v) is 8.17. The standard InChI is InChI=1S/C19H20N2O3S/c1-20-19-15(8-10-22)16-11-13-7-9-21(18(13)12-17(16)19)25(23,24)14-5-3-2-4-6-14/h2-7,9,11-12,15,19-20,22H,8,10H2,1H3/t15-,19+/m0/s1. The molecule has 2 aromatic carbocycles. The topological polar surface area (TPSA) is 71.3 Å². The molecule has 1 aliphatic carbocycles. The van der Waals surface area contributed by atoms with Crippen molar-refractivity contribution in [3.05, 3.63) is 65.9 Å². The summed E-state index contributed by atoms with van der Waals surface area (Å²) in [4.78, 5) is 0.276. The Labute approximate surface area is 147 Å². The summed E-state index contributed by atoms with van der Waals surface area (Å²) in [6.07, 6.45) is 2.31. The van der Waals surface area contributed by atoms with Crippen molar-refractivity contribution in [1.29, 1.82) is 0 Å². The normalized spacial score (nSPS) is 19.6. The molecule has 2 N–H and O–H groups in total. The Morgan fingerprint density at radius 3 is 2.56 bits per heavy atom. The smallest absolute Gasteiger partial charge is 0.268 e. The molecule has 2 atom stereocenters. The first-order chi connectivity index (χ1) is 12.1. The summed E-state index contributed by atoms with van der Waals surface area (Å²) in [7, 11) is -1.73. The summed E-state index contributed by atoms with van der Waals surface area (Å²) in [5, 5.41) is 13.4. The molecule has 1 heterocycles. The Kier molecular flexibility index (Phi) is 3.91. The molecule has 0 saturated heterocycles. The van der Waals surface area contributed by atoms with Crippen molar-refractivity contribution in [2.24, 2.45) is 0 Å². The van der Waals surface area contributed by atoms with Crippen molar-refractivity contribution in [2.45, 2.75) is 23.3 Å². The lowest BCUT2D eigenvalue weighted by atomic mass is 9.71. The lowest BCUT2D eigenvalue weighted by molar-refractivity contribution is 0.251. The van der Waals surface area contributed by atoms with E-state index in [4.69, 9.17) is 0 Å². The Morgan fingerprint density at radius 2 is 1.88 bits per heavy atom. The minimum absolute atomic E-state index is 0.143. The van der Waals surface area contributed by atoms with E-state index in [9.17, 15) is 13.5 Å². The van der Waals surface area contributed by atoms with Crippen LogP contribution in [-0.4, -0.2) is 31.2 Å². The highest BCUT2D eigenvalue weighted by Crippen LogP contribution is 2.48. The molecule has 0 bridgehead atoms. The lowest BCUT2D eigenvalue weighted by Gasteiger charge is -2.39. The molecule has 4 rings (SSSR count). The molecule has 0 aliphatic heterocycles. The zero-order valence-corrected chi connectivity index (χ0v) is 14.7. The fourth-order valence-corrected chi connectivity index (χ4v) is 5.18. The first-order valence-corrected chi connectivity index (χ1v) is 9.75. The third kappa shape index (κ3) is 2.40. The third-order valence-electron chi connectivity index (χ3n) is 5.05. The van der Waals surface area contributed by atoms with Crippen LogP contribution in [0.4, 0.5) is 0 Å². The molecule has 25 heavy (non-hydrogen) atoms. The van der Waals surface area contributed by atoms with E-state index in [0.717, 1.165) is 10.9 Å². The zero-order valence-electron chi connectivity index (χ0n) is 13.9. The van der Waals surface area contributed by atoms with Crippen molar-refractivity contribution >= 4 is 20.9 Å². The van der Waals surface area contributed by atoms with E-state index in [1.165, 1.54) is 9.54 Å². The van der Waals surface area contributed by atoms with Crippen LogP contribution in [0.3, 0.4) is 0 Å². The largest absolute Gasteiger partial charge is 0.396 e. The van der Waals surface area contributed by atoms with E-state index < -0.39 is 10.0 Å². The van der Waals surface area contributed by atoms with Gasteiger partial charge in [-0.3, -0.25) is 0 Å². The number of rotatable bonds is 5. The van der Waals surface area contributed by atoms with Crippen molar-refractivity contribution in [3.8, 4) is 0 Å². The summed E-state index contributed by atoms with van der Waals surface area (Å²) in [6, 6.07) is 14.5. The minimum atomic E-state index is -3.62. The molecular formula is C19H20N2O3S. The van der Waals surface area contributed by atoms with Gasteiger partial charge < -0.3 is 10.4 Å². The van der Waals surface area contributed by atoms with E-state index in [-0.39, 0.29) is 23.5 Å². The number of fused-ring (bicyclic) bond motifs is 2. The summed E-state index contributed by atoms with van der Waals surface area (Å²) in [6.45, 7) is 0.143. The van der Waals surface area contributed by atoms with Gasteiger partial charge in [0.1, 0.15) is 0 Å². The van der Waals surface area contributed by atoms with Gasteiger partial charge in [-0.15, -0.1) is 0 Å². The number of nitrogens with one attached hydrogen (secondary N) is 1. The second-order valence-electron chi connectivity index (χ2n) is 6.35. The van der Waals surface area contributed by atoms with E-state index >= 15 is 0 Å². The van der Waals surface area contributed by atoms with Crippen LogP contribution < -0.4 is 5.32 Å². The maximum Gasteiger partial charge on any atom is 0.268 e. The molecule has 0 unspecified atom stereocenters. The number of hydrogen-bond acceptors (Lipinski definition) is 4. The Hall–Kier alpha value is -2.15. The molecule has 0 amide bonds. The highest BCUT2D eigenvalue weighted by atomic mass is 32.2. The van der Waals surface area contributed by atoms with Crippen LogP contribution in [0.5, 0.6) is 0 Å². The van der Waals surface area contributed by atoms with Gasteiger partial charge in [0.25, 0.3) is 10.0 Å². The average Bonchev–Trinajstić information content (AvgIpc) is 3.04. The first kappa shape index (κ1) is 16.3. The predicted octanol–water partition coefficient (Wildman–Crippen LogP) is 2.62. The van der Waals surface area contributed by atoms with Gasteiger partial charge in [-0.05, 0) is 54.9 Å². The number of aliphatic hydroxyl groups is 1. The Balaban J connectivity index is 1.85. The SMILES string of the molecule is CN[C@H]1c2cc3c(ccn3S(=O)(=O)c3ccccc3)cc2[C@@H]1CCO. The number of benzene rings is 2. The summed E-state index contributed by atoms with van der Waals surface area (Å²) < 4.78 is 27.3. The molecule has 5 nitrogen and oxygen atoms in total. The van der Waals surface area contributed by atoms with Gasteiger partial charge in [-0.2, -0.15) is 0 Å². The number of aliphatic hydroxyl groups excluding tert-OH is 1.